The van der Waals surface area contributed by atoms with Gasteiger partial charge in [-0.05, 0) is 44.5 Å². The van der Waals surface area contributed by atoms with E-state index in [2.05, 4.69) is 0 Å². The van der Waals surface area contributed by atoms with Crippen LogP contribution in [0.25, 0.3) is 22.3 Å². The van der Waals surface area contributed by atoms with Gasteiger partial charge in [0, 0.05) is 37.5 Å². The molecule has 0 aliphatic carbocycles. The molecular formula is C24H26O7. The highest BCUT2D eigenvalue weighted by molar-refractivity contribution is 5.89. The van der Waals surface area contributed by atoms with Crippen LogP contribution < -0.4 is 14.9 Å². The summed E-state index contributed by atoms with van der Waals surface area (Å²) in [6, 6.07) is 9.89. The van der Waals surface area contributed by atoms with Crippen molar-refractivity contribution < 1.29 is 28.5 Å². The molecule has 1 heterocycles. The van der Waals surface area contributed by atoms with Crippen molar-refractivity contribution in [3.63, 3.8) is 0 Å². The highest BCUT2D eigenvalue weighted by Gasteiger charge is 2.19. The molecule has 0 spiro atoms. The Balaban J connectivity index is 2.16. The van der Waals surface area contributed by atoms with Crippen LogP contribution in [0.2, 0.25) is 0 Å². The summed E-state index contributed by atoms with van der Waals surface area (Å²) in [7, 11) is 3.06. The van der Waals surface area contributed by atoms with E-state index in [0.717, 1.165) is 5.57 Å². The van der Waals surface area contributed by atoms with E-state index in [4.69, 9.17) is 23.4 Å². The second-order valence-corrected chi connectivity index (χ2v) is 7.16. The van der Waals surface area contributed by atoms with E-state index in [-0.39, 0.29) is 35.7 Å². The zero-order chi connectivity index (χ0) is 22.4. The van der Waals surface area contributed by atoms with Crippen LogP contribution in [0.15, 0.2) is 57.3 Å². The Kier molecular flexibility index (Phi) is 7.33. The normalized spacial score (nSPS) is 10.8. The molecular weight excluding hydrogens is 400 g/mol. The summed E-state index contributed by atoms with van der Waals surface area (Å²) in [5.74, 6) is 1.20. The summed E-state index contributed by atoms with van der Waals surface area (Å²) in [5.41, 5.74) is 2.39. The van der Waals surface area contributed by atoms with Crippen molar-refractivity contribution in [2.75, 3.05) is 27.8 Å². The summed E-state index contributed by atoms with van der Waals surface area (Å²) in [5, 5.41) is 10.6. The lowest BCUT2D eigenvalue weighted by molar-refractivity contribution is 0.0504. The lowest BCUT2D eigenvalue weighted by Crippen LogP contribution is -2.06. The molecule has 0 unspecified atom stereocenters. The Morgan fingerprint density at radius 3 is 2.35 bits per heavy atom. The number of phenols is 1. The van der Waals surface area contributed by atoms with Crippen LogP contribution in [0, 0.1) is 0 Å². The van der Waals surface area contributed by atoms with Gasteiger partial charge in [0.1, 0.15) is 34.0 Å². The minimum Gasteiger partial charge on any atom is -0.507 e. The predicted molar refractivity (Wildman–Crippen MR) is 118 cm³/mol. The van der Waals surface area contributed by atoms with Gasteiger partial charge in [0.25, 0.3) is 0 Å². The van der Waals surface area contributed by atoms with Crippen LogP contribution in [0.4, 0.5) is 0 Å². The minimum atomic E-state index is -0.342. The zero-order valence-corrected chi connectivity index (χ0v) is 18.1. The summed E-state index contributed by atoms with van der Waals surface area (Å²) in [6.07, 6.45) is 2.47. The maximum Gasteiger partial charge on any atom is 0.197 e. The maximum atomic E-state index is 12.9. The molecule has 31 heavy (non-hydrogen) atoms. The molecule has 0 aliphatic heterocycles. The zero-order valence-electron chi connectivity index (χ0n) is 18.1. The molecule has 1 aromatic heterocycles. The van der Waals surface area contributed by atoms with Gasteiger partial charge in [0.2, 0.25) is 0 Å². The van der Waals surface area contributed by atoms with Gasteiger partial charge in [-0.15, -0.1) is 0 Å². The number of benzene rings is 2. The highest BCUT2D eigenvalue weighted by Crippen LogP contribution is 2.36. The maximum absolute atomic E-state index is 12.9. The third kappa shape index (κ3) is 5.25. The first kappa shape index (κ1) is 22.4. The van der Waals surface area contributed by atoms with Crippen LogP contribution in [0.3, 0.4) is 0 Å². The highest BCUT2D eigenvalue weighted by atomic mass is 16.7. The van der Waals surface area contributed by atoms with Gasteiger partial charge < -0.3 is 28.5 Å². The van der Waals surface area contributed by atoms with Crippen LogP contribution in [-0.4, -0.2) is 32.9 Å². The lowest BCUT2D eigenvalue weighted by atomic mass is 10.0. The molecule has 164 valence electrons. The fraction of sp³-hybridized carbons (Fsp3) is 0.292. The monoisotopic (exact) mass is 426 g/mol. The summed E-state index contributed by atoms with van der Waals surface area (Å²) in [4.78, 5) is 12.9. The van der Waals surface area contributed by atoms with Crippen molar-refractivity contribution in [1.29, 1.82) is 0 Å². The van der Waals surface area contributed by atoms with Gasteiger partial charge in [-0.1, -0.05) is 11.6 Å². The first-order chi connectivity index (χ1) is 14.9. The van der Waals surface area contributed by atoms with Crippen LogP contribution in [0.1, 0.15) is 19.4 Å². The lowest BCUT2D eigenvalue weighted by Gasteiger charge is -2.14. The first-order valence-electron chi connectivity index (χ1n) is 9.74. The largest absolute Gasteiger partial charge is 0.507 e. The molecule has 0 aliphatic rings. The van der Waals surface area contributed by atoms with Gasteiger partial charge >= 0.3 is 0 Å². The third-order valence-corrected chi connectivity index (χ3v) is 4.57. The van der Waals surface area contributed by atoms with E-state index in [1.807, 2.05) is 19.9 Å². The third-order valence-electron chi connectivity index (χ3n) is 4.57. The van der Waals surface area contributed by atoms with E-state index in [9.17, 15) is 9.90 Å². The molecule has 0 saturated heterocycles. The van der Waals surface area contributed by atoms with E-state index < -0.39 is 0 Å². The smallest absolute Gasteiger partial charge is 0.197 e. The summed E-state index contributed by atoms with van der Waals surface area (Å²) in [6.45, 7) is 4.10. The second-order valence-electron chi connectivity index (χ2n) is 7.16. The molecule has 0 atom stereocenters. The van der Waals surface area contributed by atoms with Gasteiger partial charge in [-0.3, -0.25) is 4.79 Å². The van der Waals surface area contributed by atoms with E-state index >= 15 is 0 Å². The number of hydrogen-bond acceptors (Lipinski definition) is 7. The topological polar surface area (TPSA) is 87.4 Å². The number of hydrogen-bond donors (Lipinski definition) is 1. The molecule has 0 fully saturated rings. The van der Waals surface area contributed by atoms with Crippen molar-refractivity contribution in [3.05, 3.63) is 63.8 Å². The van der Waals surface area contributed by atoms with Gasteiger partial charge in [0.05, 0.1) is 0 Å². The second kappa shape index (κ2) is 10.1. The molecule has 0 amide bonds. The Morgan fingerprint density at radius 2 is 1.71 bits per heavy atom. The van der Waals surface area contributed by atoms with Gasteiger partial charge in [-0.25, -0.2) is 0 Å². The molecule has 7 nitrogen and oxygen atoms in total. The van der Waals surface area contributed by atoms with Crippen molar-refractivity contribution in [2.24, 2.45) is 0 Å². The molecule has 0 saturated carbocycles. The van der Waals surface area contributed by atoms with Crippen LogP contribution in [-0.2, 0) is 15.9 Å². The number of aromatic hydroxyl groups is 1. The number of ether oxygens (including phenoxy) is 4. The number of allylic oxidation sites excluding steroid dienone is 2. The summed E-state index contributed by atoms with van der Waals surface area (Å²) < 4.78 is 27.1. The molecule has 2 aromatic carbocycles. The predicted octanol–water partition coefficient (Wildman–Crippen LogP) is 4.64. The minimum absolute atomic E-state index is 0.000370. The molecule has 7 heteroatoms. The average molecular weight is 426 g/mol. The van der Waals surface area contributed by atoms with Crippen molar-refractivity contribution in [1.82, 2.24) is 0 Å². The number of fused-ring (bicyclic) bond motifs is 1. The standard InChI is InChI=1S/C24H26O7/c1-15(2)5-10-18-22(30-14-28-4)12-20(26)23-19(25)11-21(31-24(18)23)16-6-8-17(9-7-16)29-13-27-3/h5-9,11-12,26H,10,13-14H2,1-4H3. The van der Waals surface area contributed by atoms with E-state index in [1.165, 1.54) is 19.2 Å². The SMILES string of the molecule is COCOc1ccc(-c2cc(=O)c3c(O)cc(OCOC)c(CC=C(C)C)c3o2)cc1. The fourth-order valence-corrected chi connectivity index (χ4v) is 3.08. The molecule has 3 aromatic rings. The van der Waals surface area contributed by atoms with Gasteiger partial charge in [0.15, 0.2) is 19.0 Å². The Bertz CT molecular complexity index is 1120. The molecule has 0 bridgehead atoms. The van der Waals surface area contributed by atoms with Crippen LogP contribution >= 0.6 is 0 Å². The molecule has 1 N–H and O–H groups in total. The number of methoxy groups -OCH3 is 2. The quantitative estimate of drug-likeness (QED) is 0.394. The molecule has 0 radical (unpaired) electrons. The van der Waals surface area contributed by atoms with Crippen molar-refractivity contribution >= 4 is 11.0 Å². The van der Waals surface area contributed by atoms with Gasteiger partial charge in [-0.2, -0.15) is 0 Å². The fourth-order valence-electron chi connectivity index (χ4n) is 3.08. The van der Waals surface area contributed by atoms with Crippen LogP contribution in [0.5, 0.6) is 17.2 Å². The Hall–Kier alpha value is -3.29. The van der Waals surface area contributed by atoms with Crippen molar-refractivity contribution in [3.8, 4) is 28.6 Å². The average Bonchev–Trinajstić information content (AvgIpc) is 2.75. The number of rotatable bonds is 9. The first-order valence-corrected chi connectivity index (χ1v) is 9.74. The number of phenolic OH excluding ortho intramolecular Hbond substituents is 1. The van der Waals surface area contributed by atoms with Crippen molar-refractivity contribution in [2.45, 2.75) is 20.3 Å². The summed E-state index contributed by atoms with van der Waals surface area (Å²) >= 11 is 0. The Labute approximate surface area is 180 Å². The molecule has 3 rings (SSSR count). The Morgan fingerprint density at radius 1 is 1.03 bits per heavy atom. The van der Waals surface area contributed by atoms with E-state index in [0.29, 0.717) is 34.8 Å². The van der Waals surface area contributed by atoms with E-state index in [1.54, 1.807) is 31.4 Å².